The Hall–Kier alpha value is -2.32. The summed E-state index contributed by atoms with van der Waals surface area (Å²) in [5, 5.41) is 4.03. The molecular formula is C16H15ClN4O3S. The monoisotopic (exact) mass is 378 g/mol. The number of amides is 1. The van der Waals surface area contributed by atoms with Crippen molar-refractivity contribution in [2.45, 2.75) is 6.42 Å². The van der Waals surface area contributed by atoms with Crippen LogP contribution in [0.4, 0.5) is 11.5 Å². The van der Waals surface area contributed by atoms with Gasteiger partial charge in [-0.3, -0.25) is 4.79 Å². The van der Waals surface area contributed by atoms with E-state index in [2.05, 4.69) is 20.3 Å². The number of nitrogens with zero attached hydrogens (tertiary/aromatic N) is 3. The Morgan fingerprint density at radius 1 is 1.36 bits per heavy atom. The topological polar surface area (TPSA) is 85.7 Å². The summed E-state index contributed by atoms with van der Waals surface area (Å²) in [5.74, 6) is 1.26. The van der Waals surface area contributed by atoms with Crippen molar-refractivity contribution in [2.75, 3.05) is 25.3 Å². The highest BCUT2D eigenvalue weighted by molar-refractivity contribution is 8.14. The van der Waals surface area contributed by atoms with Crippen molar-refractivity contribution in [3.05, 3.63) is 35.1 Å². The molecule has 7 nitrogen and oxygen atoms in total. The molecule has 25 heavy (non-hydrogen) atoms. The Bertz CT molecular complexity index is 844. The maximum atomic E-state index is 12.1. The Labute approximate surface area is 153 Å². The number of rotatable bonds is 5. The molecule has 2 aromatic rings. The smallest absolute Gasteiger partial charge is 0.258 e. The first-order chi connectivity index (χ1) is 12.1. The molecule has 0 bridgehead atoms. The molecule has 0 fully saturated rings. The molecule has 1 N–H and O–H groups in total. The first-order valence-corrected chi connectivity index (χ1v) is 8.69. The van der Waals surface area contributed by atoms with Gasteiger partial charge >= 0.3 is 0 Å². The maximum Gasteiger partial charge on any atom is 0.258 e. The van der Waals surface area contributed by atoms with Crippen LogP contribution in [0.1, 0.15) is 5.56 Å². The summed E-state index contributed by atoms with van der Waals surface area (Å²) < 4.78 is 10.2. The van der Waals surface area contributed by atoms with Crippen molar-refractivity contribution in [1.29, 1.82) is 0 Å². The molecule has 0 aliphatic carbocycles. The summed E-state index contributed by atoms with van der Waals surface area (Å²) in [7, 11) is 3.01. The zero-order chi connectivity index (χ0) is 17.8. The number of carbonyl (C=O) groups is 1. The zero-order valence-corrected chi connectivity index (χ0v) is 15.1. The van der Waals surface area contributed by atoms with Gasteiger partial charge in [0.1, 0.15) is 11.0 Å². The third-order valence-electron chi connectivity index (χ3n) is 3.40. The number of carbonyl (C=O) groups excluding carboxylic acids is 1. The lowest BCUT2D eigenvalue weighted by Gasteiger charge is -2.09. The molecule has 0 saturated heterocycles. The molecule has 0 aromatic carbocycles. The second kappa shape index (κ2) is 7.71. The lowest BCUT2D eigenvalue weighted by molar-refractivity contribution is -0.113. The van der Waals surface area contributed by atoms with Crippen LogP contribution in [0.15, 0.2) is 29.4 Å². The van der Waals surface area contributed by atoms with Crippen LogP contribution >= 0.6 is 23.4 Å². The highest BCUT2D eigenvalue weighted by atomic mass is 35.5. The summed E-state index contributed by atoms with van der Waals surface area (Å²) in [6.07, 6.45) is 2.29. The first kappa shape index (κ1) is 17.5. The fraction of sp³-hybridized carbons (Fsp3) is 0.250. The van der Waals surface area contributed by atoms with E-state index in [0.717, 1.165) is 16.3 Å². The Balaban J connectivity index is 1.56. The molecule has 3 heterocycles. The van der Waals surface area contributed by atoms with Gasteiger partial charge in [-0.05, 0) is 23.8 Å². The molecule has 1 amide bonds. The van der Waals surface area contributed by atoms with Gasteiger partial charge in [0.05, 0.1) is 36.9 Å². The second-order valence-corrected chi connectivity index (χ2v) is 6.50. The molecule has 9 heteroatoms. The number of ether oxygens (including phenoxy) is 2. The van der Waals surface area contributed by atoms with E-state index in [1.165, 1.54) is 26.0 Å². The molecule has 0 spiro atoms. The van der Waals surface area contributed by atoms with Gasteiger partial charge in [-0.1, -0.05) is 11.6 Å². The van der Waals surface area contributed by atoms with E-state index in [9.17, 15) is 4.79 Å². The molecule has 0 unspecified atom stereocenters. The highest BCUT2D eigenvalue weighted by Crippen LogP contribution is 2.31. The van der Waals surface area contributed by atoms with E-state index in [0.29, 0.717) is 29.0 Å². The molecule has 0 saturated carbocycles. The molecule has 3 rings (SSSR count). The van der Waals surface area contributed by atoms with Crippen LogP contribution in [-0.2, 0) is 11.2 Å². The van der Waals surface area contributed by atoms with Crippen molar-refractivity contribution in [3.63, 3.8) is 0 Å². The number of nitrogens with one attached hydrogen (secondary N) is 1. The number of pyridine rings is 2. The second-order valence-electron chi connectivity index (χ2n) is 5.06. The minimum absolute atomic E-state index is 0.181. The van der Waals surface area contributed by atoms with Crippen molar-refractivity contribution in [2.24, 2.45) is 4.99 Å². The predicted octanol–water partition coefficient (Wildman–Crippen LogP) is 3.11. The van der Waals surface area contributed by atoms with Gasteiger partial charge in [-0.2, -0.15) is 4.98 Å². The number of aromatic nitrogens is 2. The Morgan fingerprint density at radius 2 is 2.20 bits per heavy atom. The summed E-state index contributed by atoms with van der Waals surface area (Å²) in [4.78, 5) is 24.8. The van der Waals surface area contributed by atoms with Crippen molar-refractivity contribution >= 4 is 45.8 Å². The van der Waals surface area contributed by atoms with Crippen LogP contribution in [0.3, 0.4) is 0 Å². The van der Waals surface area contributed by atoms with Crippen LogP contribution in [0, 0.1) is 0 Å². The lowest BCUT2D eigenvalue weighted by Crippen LogP contribution is -2.16. The standard InChI is InChI=1S/C16H15ClN4O3S/c1-23-11-3-4-13(21-16(11)24-2)20-14(22)8-25-15-6-9-5-12(17)18-7-10(9)19-15/h3-5,7H,6,8H2,1-2H3,(H,20,21,22). The van der Waals surface area contributed by atoms with Gasteiger partial charge < -0.3 is 14.8 Å². The number of hydrogen-bond donors (Lipinski definition) is 1. The van der Waals surface area contributed by atoms with E-state index in [1.807, 2.05) is 0 Å². The number of hydrogen-bond acceptors (Lipinski definition) is 7. The number of thioether (sulfide) groups is 1. The minimum Gasteiger partial charge on any atom is -0.491 e. The van der Waals surface area contributed by atoms with Crippen LogP contribution in [0.5, 0.6) is 11.6 Å². The third kappa shape index (κ3) is 4.21. The van der Waals surface area contributed by atoms with Gasteiger partial charge in [-0.15, -0.1) is 11.8 Å². The van der Waals surface area contributed by atoms with E-state index in [4.69, 9.17) is 21.1 Å². The Morgan fingerprint density at radius 3 is 2.96 bits per heavy atom. The third-order valence-corrected chi connectivity index (χ3v) is 4.58. The average Bonchev–Trinajstić information content (AvgIpc) is 3.01. The quantitative estimate of drug-likeness (QED) is 0.804. The molecule has 2 aromatic heterocycles. The summed E-state index contributed by atoms with van der Waals surface area (Å²) in [6, 6.07) is 5.13. The number of anilines is 1. The number of fused-ring (bicyclic) bond motifs is 1. The summed E-state index contributed by atoms with van der Waals surface area (Å²) >= 11 is 7.25. The fourth-order valence-corrected chi connectivity index (χ4v) is 3.22. The molecule has 1 aliphatic heterocycles. The van der Waals surface area contributed by atoms with Crippen LogP contribution in [0.2, 0.25) is 5.15 Å². The van der Waals surface area contributed by atoms with Crippen LogP contribution in [0.25, 0.3) is 0 Å². The zero-order valence-electron chi connectivity index (χ0n) is 13.6. The number of methoxy groups -OCH3 is 2. The number of aliphatic imine (C=N–C) groups is 1. The van der Waals surface area contributed by atoms with Crippen molar-refractivity contribution in [1.82, 2.24) is 9.97 Å². The van der Waals surface area contributed by atoms with Gasteiger partial charge in [0.15, 0.2) is 5.75 Å². The van der Waals surface area contributed by atoms with Gasteiger partial charge in [0, 0.05) is 6.42 Å². The van der Waals surface area contributed by atoms with E-state index in [1.54, 1.807) is 24.4 Å². The largest absolute Gasteiger partial charge is 0.491 e. The fourth-order valence-electron chi connectivity index (χ4n) is 2.25. The SMILES string of the molecule is COc1ccc(NC(=O)CSC2=Nc3cnc(Cl)cc3C2)nc1OC. The van der Waals surface area contributed by atoms with Gasteiger partial charge in [0.25, 0.3) is 5.88 Å². The van der Waals surface area contributed by atoms with Crippen molar-refractivity contribution in [3.8, 4) is 11.6 Å². The highest BCUT2D eigenvalue weighted by Gasteiger charge is 2.17. The molecular weight excluding hydrogens is 364 g/mol. The molecule has 130 valence electrons. The molecule has 0 radical (unpaired) electrons. The van der Waals surface area contributed by atoms with E-state index < -0.39 is 0 Å². The first-order valence-electron chi connectivity index (χ1n) is 7.32. The molecule has 1 aliphatic rings. The normalized spacial score (nSPS) is 12.4. The maximum absolute atomic E-state index is 12.1. The van der Waals surface area contributed by atoms with E-state index in [-0.39, 0.29) is 11.7 Å². The number of halogens is 1. The summed E-state index contributed by atoms with van der Waals surface area (Å²) in [5.41, 5.74) is 1.82. The molecule has 0 atom stereocenters. The average molecular weight is 379 g/mol. The minimum atomic E-state index is -0.181. The van der Waals surface area contributed by atoms with Crippen LogP contribution in [-0.4, -0.2) is 40.9 Å². The Kier molecular flexibility index (Phi) is 5.40. The van der Waals surface area contributed by atoms with Crippen LogP contribution < -0.4 is 14.8 Å². The van der Waals surface area contributed by atoms with Gasteiger partial charge in [0.2, 0.25) is 5.91 Å². The van der Waals surface area contributed by atoms with Gasteiger partial charge in [-0.25, -0.2) is 9.98 Å². The predicted molar refractivity (Wildman–Crippen MR) is 98.5 cm³/mol. The lowest BCUT2D eigenvalue weighted by atomic mass is 10.2. The summed E-state index contributed by atoms with van der Waals surface area (Å²) in [6.45, 7) is 0. The van der Waals surface area contributed by atoms with E-state index >= 15 is 0 Å². The van der Waals surface area contributed by atoms with Crippen molar-refractivity contribution < 1.29 is 14.3 Å².